The van der Waals surface area contributed by atoms with Crippen LogP contribution in [0.5, 0.6) is 0 Å². The van der Waals surface area contributed by atoms with Crippen LogP contribution in [0.15, 0.2) is 24.3 Å². The fourth-order valence-corrected chi connectivity index (χ4v) is 3.89. The molecule has 1 atom stereocenters. The van der Waals surface area contributed by atoms with Gasteiger partial charge in [-0.3, -0.25) is 4.79 Å². The van der Waals surface area contributed by atoms with E-state index in [-0.39, 0.29) is 18.2 Å². The van der Waals surface area contributed by atoms with E-state index in [0.29, 0.717) is 0 Å². The van der Waals surface area contributed by atoms with Gasteiger partial charge in [0.15, 0.2) is 0 Å². The van der Waals surface area contributed by atoms with Gasteiger partial charge in [-0.15, -0.1) is 0 Å². The first-order valence-electron chi connectivity index (χ1n) is 10.0. The molecular formula is C21H32BNO4. The summed E-state index contributed by atoms with van der Waals surface area (Å²) in [6.07, 6.45) is 3.92. The first kappa shape index (κ1) is 20.2. The second kappa shape index (κ2) is 7.84. The van der Waals surface area contributed by atoms with Crippen molar-refractivity contribution in [2.24, 2.45) is 0 Å². The maximum absolute atomic E-state index is 12.2. The molecule has 2 aliphatic heterocycles. The fourth-order valence-electron chi connectivity index (χ4n) is 3.89. The summed E-state index contributed by atoms with van der Waals surface area (Å²) in [7, 11) is 0.945. The molecule has 148 valence electrons. The molecular weight excluding hydrogens is 341 g/mol. The predicted octanol–water partition coefficient (Wildman–Crippen LogP) is 3.96. The number of hydrogen-bond acceptors (Lipinski definition) is 5. The van der Waals surface area contributed by atoms with Crippen LogP contribution >= 0.6 is 0 Å². The number of methoxy groups -OCH3 is 1. The molecule has 0 spiro atoms. The van der Waals surface area contributed by atoms with Gasteiger partial charge in [0.1, 0.15) is 0 Å². The van der Waals surface area contributed by atoms with Gasteiger partial charge in [-0.05, 0) is 58.6 Å². The quantitative estimate of drug-likeness (QED) is 0.578. The molecule has 2 saturated heterocycles. The Kier molecular flexibility index (Phi) is 5.87. The summed E-state index contributed by atoms with van der Waals surface area (Å²) in [5, 5.41) is 0. The second-order valence-corrected chi connectivity index (χ2v) is 8.62. The van der Waals surface area contributed by atoms with Crippen molar-refractivity contribution in [3.63, 3.8) is 0 Å². The van der Waals surface area contributed by atoms with E-state index in [2.05, 4.69) is 23.1 Å². The van der Waals surface area contributed by atoms with E-state index in [9.17, 15) is 4.79 Å². The molecule has 2 heterocycles. The molecule has 1 unspecified atom stereocenters. The lowest BCUT2D eigenvalue weighted by atomic mass is 9.65. The van der Waals surface area contributed by atoms with Gasteiger partial charge in [-0.25, -0.2) is 0 Å². The molecule has 6 heteroatoms. The molecule has 27 heavy (non-hydrogen) atoms. The van der Waals surface area contributed by atoms with Gasteiger partial charge in [0.25, 0.3) is 0 Å². The van der Waals surface area contributed by atoms with Gasteiger partial charge in [0.2, 0.25) is 0 Å². The number of rotatable bonds is 5. The number of carbonyl (C=O) groups is 1. The molecule has 0 saturated carbocycles. The third-order valence-corrected chi connectivity index (χ3v) is 6.25. The van der Waals surface area contributed by atoms with E-state index in [1.165, 1.54) is 32.1 Å². The summed E-state index contributed by atoms with van der Waals surface area (Å²) in [5.41, 5.74) is 1.40. The SMILES string of the molecule is COC(=O)CC(B1OC(C)(C)C(C)(C)O1)c1ccccc1N1CCCCC1. The topological polar surface area (TPSA) is 48.0 Å². The van der Waals surface area contributed by atoms with Crippen molar-refractivity contribution in [3.8, 4) is 0 Å². The van der Waals surface area contributed by atoms with Crippen molar-refractivity contribution >= 4 is 18.8 Å². The highest BCUT2D eigenvalue weighted by Crippen LogP contribution is 2.43. The van der Waals surface area contributed by atoms with Crippen molar-refractivity contribution in [2.75, 3.05) is 25.1 Å². The average Bonchev–Trinajstić information content (AvgIpc) is 2.87. The van der Waals surface area contributed by atoms with Crippen molar-refractivity contribution < 1.29 is 18.8 Å². The lowest BCUT2D eigenvalue weighted by Gasteiger charge is -2.33. The summed E-state index contributed by atoms with van der Waals surface area (Å²) >= 11 is 0. The summed E-state index contributed by atoms with van der Waals surface area (Å²) in [5.74, 6) is -0.459. The van der Waals surface area contributed by atoms with Crippen LogP contribution in [0.25, 0.3) is 0 Å². The van der Waals surface area contributed by atoms with Gasteiger partial charge in [-0.2, -0.15) is 0 Å². The zero-order valence-corrected chi connectivity index (χ0v) is 17.3. The molecule has 0 aliphatic carbocycles. The summed E-state index contributed by atoms with van der Waals surface area (Å²) in [6, 6.07) is 8.34. The maximum Gasteiger partial charge on any atom is 0.466 e. The minimum atomic E-state index is -0.486. The van der Waals surface area contributed by atoms with Crippen LogP contribution in [-0.4, -0.2) is 44.5 Å². The van der Waals surface area contributed by atoms with E-state index >= 15 is 0 Å². The van der Waals surface area contributed by atoms with Crippen LogP contribution in [0.2, 0.25) is 0 Å². The third-order valence-electron chi connectivity index (χ3n) is 6.25. The zero-order chi connectivity index (χ0) is 19.7. The van der Waals surface area contributed by atoms with Crippen LogP contribution in [0.3, 0.4) is 0 Å². The lowest BCUT2D eigenvalue weighted by Crippen LogP contribution is -2.41. The summed E-state index contributed by atoms with van der Waals surface area (Å²) in [6.45, 7) is 10.3. The highest BCUT2D eigenvalue weighted by molar-refractivity contribution is 6.48. The fraction of sp³-hybridized carbons (Fsp3) is 0.667. The zero-order valence-electron chi connectivity index (χ0n) is 17.3. The van der Waals surface area contributed by atoms with Crippen molar-refractivity contribution in [3.05, 3.63) is 29.8 Å². The molecule has 0 N–H and O–H groups in total. The average molecular weight is 373 g/mol. The molecule has 3 rings (SSSR count). The van der Waals surface area contributed by atoms with Crippen molar-refractivity contribution in [2.45, 2.75) is 70.4 Å². The molecule has 5 nitrogen and oxygen atoms in total. The first-order valence-corrected chi connectivity index (χ1v) is 10.0. The van der Waals surface area contributed by atoms with Crippen molar-refractivity contribution in [1.29, 1.82) is 0 Å². The molecule has 2 aliphatic rings. The minimum absolute atomic E-state index is 0.211. The Morgan fingerprint density at radius 3 is 2.30 bits per heavy atom. The van der Waals surface area contributed by atoms with Crippen LogP contribution in [-0.2, 0) is 18.8 Å². The van der Waals surface area contributed by atoms with E-state index in [1.54, 1.807) is 0 Å². The van der Waals surface area contributed by atoms with E-state index in [0.717, 1.165) is 18.7 Å². The second-order valence-electron chi connectivity index (χ2n) is 8.62. The van der Waals surface area contributed by atoms with Gasteiger partial charge in [0, 0.05) is 24.6 Å². The van der Waals surface area contributed by atoms with E-state index in [1.807, 2.05) is 33.8 Å². The smallest absolute Gasteiger partial charge is 0.466 e. The summed E-state index contributed by atoms with van der Waals surface area (Å²) in [4.78, 5) is 14.6. The number of piperidine rings is 1. The Labute approximate surface area is 163 Å². The molecule has 1 aromatic rings. The molecule has 0 aromatic heterocycles. The van der Waals surface area contributed by atoms with Gasteiger partial charge in [-0.1, -0.05) is 18.2 Å². The number of esters is 1. The Morgan fingerprint density at radius 1 is 1.11 bits per heavy atom. The van der Waals surface area contributed by atoms with Crippen LogP contribution < -0.4 is 4.90 Å². The molecule has 0 radical (unpaired) electrons. The first-order chi connectivity index (χ1) is 12.7. The van der Waals surface area contributed by atoms with Crippen molar-refractivity contribution in [1.82, 2.24) is 0 Å². The predicted molar refractivity (Wildman–Crippen MR) is 108 cm³/mol. The van der Waals surface area contributed by atoms with Crippen LogP contribution in [0.4, 0.5) is 5.69 Å². The number of carbonyl (C=O) groups excluding carboxylic acids is 1. The maximum atomic E-state index is 12.2. The monoisotopic (exact) mass is 373 g/mol. The number of hydrogen-bond donors (Lipinski definition) is 0. The molecule has 1 aromatic carbocycles. The van der Waals surface area contributed by atoms with E-state index in [4.69, 9.17) is 14.0 Å². The Hall–Kier alpha value is -1.53. The van der Waals surface area contributed by atoms with Gasteiger partial charge < -0.3 is 18.9 Å². The number of ether oxygens (including phenoxy) is 1. The standard InChI is InChI=1S/C21H32BNO4/c1-20(2)21(3,4)27-22(26-20)17(15-19(24)25-5)16-11-7-8-12-18(16)23-13-9-6-10-14-23/h7-8,11-12,17H,6,9-10,13-15H2,1-5H3. The lowest BCUT2D eigenvalue weighted by molar-refractivity contribution is -0.140. The largest absolute Gasteiger partial charge is 0.469 e. The number of anilines is 1. The Bertz CT molecular complexity index is 654. The minimum Gasteiger partial charge on any atom is -0.469 e. The van der Waals surface area contributed by atoms with Gasteiger partial charge >= 0.3 is 13.1 Å². The number of nitrogens with zero attached hydrogens (tertiary/aromatic N) is 1. The molecule has 2 fully saturated rings. The van der Waals surface area contributed by atoms with Crippen LogP contribution in [0, 0.1) is 0 Å². The third kappa shape index (κ3) is 4.17. The highest BCUT2D eigenvalue weighted by atomic mass is 16.7. The van der Waals surface area contributed by atoms with Crippen LogP contribution in [0.1, 0.15) is 64.8 Å². The number of para-hydroxylation sites is 1. The Balaban J connectivity index is 1.96. The Morgan fingerprint density at radius 2 is 1.70 bits per heavy atom. The normalized spacial score (nSPS) is 22.6. The highest BCUT2D eigenvalue weighted by Gasteiger charge is 2.54. The van der Waals surface area contributed by atoms with Gasteiger partial charge in [0.05, 0.1) is 24.7 Å². The number of benzene rings is 1. The molecule has 0 amide bonds. The molecule has 0 bridgehead atoms. The summed E-state index contributed by atoms with van der Waals surface area (Å²) < 4.78 is 17.6. The van der Waals surface area contributed by atoms with E-state index < -0.39 is 18.3 Å².